The van der Waals surface area contributed by atoms with Gasteiger partial charge in [-0.2, -0.15) is 0 Å². The summed E-state index contributed by atoms with van der Waals surface area (Å²) in [5.74, 6) is 0.522. The summed E-state index contributed by atoms with van der Waals surface area (Å²) in [5.41, 5.74) is 1.57. The Balaban J connectivity index is 1.41. The van der Waals surface area contributed by atoms with Crippen LogP contribution in [0.15, 0.2) is 82.3 Å². The first-order valence-corrected chi connectivity index (χ1v) is 11.6. The van der Waals surface area contributed by atoms with Crippen LogP contribution >= 0.6 is 0 Å². The van der Waals surface area contributed by atoms with E-state index in [0.717, 1.165) is 4.31 Å². The van der Waals surface area contributed by atoms with Crippen LogP contribution in [0.4, 0.5) is 0 Å². The average Bonchev–Trinajstić information content (AvgIpc) is 3.36. The van der Waals surface area contributed by atoms with Crippen LogP contribution in [-0.4, -0.2) is 51.0 Å². The highest BCUT2D eigenvalue weighted by atomic mass is 32.2. The van der Waals surface area contributed by atoms with Crippen molar-refractivity contribution < 1.29 is 27.1 Å². The molecule has 0 saturated carbocycles. The maximum absolute atomic E-state index is 12.8. The predicted octanol–water partition coefficient (Wildman–Crippen LogP) is 3.98. The first kappa shape index (κ1) is 22.5. The van der Waals surface area contributed by atoms with Crippen LogP contribution in [0.2, 0.25) is 0 Å². The Labute approximate surface area is 191 Å². The van der Waals surface area contributed by atoms with Crippen LogP contribution in [0.25, 0.3) is 22.4 Å². The van der Waals surface area contributed by atoms with E-state index >= 15 is 0 Å². The van der Waals surface area contributed by atoms with Crippen LogP contribution < -0.4 is 4.74 Å². The first-order valence-electron chi connectivity index (χ1n) is 10.1. The number of furan rings is 1. The second-order valence-electron chi connectivity index (χ2n) is 7.29. The van der Waals surface area contributed by atoms with Gasteiger partial charge in [-0.15, -0.1) is 0 Å². The summed E-state index contributed by atoms with van der Waals surface area (Å²) in [6.07, 6.45) is 1.55. The highest BCUT2D eigenvalue weighted by molar-refractivity contribution is 7.89. The topological polar surface area (TPSA) is 98.9 Å². The number of sulfonamides is 1. The van der Waals surface area contributed by atoms with Crippen molar-refractivity contribution in [3.63, 3.8) is 0 Å². The van der Waals surface area contributed by atoms with Crippen LogP contribution in [0.1, 0.15) is 10.4 Å². The normalized spacial score (nSPS) is 11.6. The van der Waals surface area contributed by atoms with Crippen LogP contribution in [0.3, 0.4) is 0 Å². The standard InChI is InChI=1S/C24H22N2O6S/c1-26(2)33(28,29)18-11-9-17(10-12-18)30-14-15-32-24(27)20-16-22(23-8-5-13-31-23)25-21-7-4-3-6-19(20)21/h3-13,16H,14-15H2,1-2H3. The van der Waals surface area contributed by atoms with Gasteiger partial charge in [-0.3, -0.25) is 0 Å². The maximum atomic E-state index is 12.8. The molecule has 33 heavy (non-hydrogen) atoms. The quantitative estimate of drug-likeness (QED) is 0.286. The number of rotatable bonds is 8. The van der Waals surface area contributed by atoms with Crippen molar-refractivity contribution in [2.24, 2.45) is 0 Å². The Kier molecular flexibility index (Phi) is 6.43. The molecule has 9 heteroatoms. The van der Waals surface area contributed by atoms with Gasteiger partial charge in [-0.1, -0.05) is 18.2 Å². The molecule has 0 aliphatic carbocycles. The molecule has 4 aromatic rings. The van der Waals surface area contributed by atoms with Gasteiger partial charge in [0.1, 0.15) is 24.7 Å². The largest absolute Gasteiger partial charge is 0.490 e. The van der Waals surface area contributed by atoms with E-state index in [1.54, 1.807) is 36.6 Å². The van der Waals surface area contributed by atoms with Gasteiger partial charge < -0.3 is 13.9 Å². The van der Waals surface area contributed by atoms with Crippen LogP contribution in [0.5, 0.6) is 5.75 Å². The lowest BCUT2D eigenvalue weighted by molar-refractivity contribution is 0.0452. The lowest BCUT2D eigenvalue weighted by atomic mass is 10.1. The molecule has 2 aromatic heterocycles. The molecule has 0 atom stereocenters. The first-order chi connectivity index (χ1) is 15.9. The van der Waals surface area contributed by atoms with E-state index in [2.05, 4.69) is 4.98 Å². The number of para-hydroxylation sites is 1. The minimum atomic E-state index is -3.50. The monoisotopic (exact) mass is 466 g/mol. The molecule has 0 spiro atoms. The summed E-state index contributed by atoms with van der Waals surface area (Å²) in [4.78, 5) is 17.5. The second kappa shape index (κ2) is 9.43. The number of aromatic nitrogens is 1. The zero-order valence-corrected chi connectivity index (χ0v) is 18.9. The molecule has 0 aliphatic rings. The molecule has 0 aliphatic heterocycles. The number of nitrogens with zero attached hydrogens (tertiary/aromatic N) is 2. The number of pyridine rings is 1. The van der Waals surface area contributed by atoms with Gasteiger partial charge in [0.2, 0.25) is 10.0 Å². The highest BCUT2D eigenvalue weighted by Crippen LogP contribution is 2.26. The van der Waals surface area contributed by atoms with Crippen LogP contribution in [0, 0.1) is 0 Å². The maximum Gasteiger partial charge on any atom is 0.339 e. The summed E-state index contributed by atoms with van der Waals surface area (Å²) >= 11 is 0. The highest BCUT2D eigenvalue weighted by Gasteiger charge is 2.18. The third kappa shape index (κ3) is 4.89. The van der Waals surface area contributed by atoms with Gasteiger partial charge in [-0.05, 0) is 48.5 Å². The minimum absolute atomic E-state index is 0.0172. The van der Waals surface area contributed by atoms with E-state index in [9.17, 15) is 13.2 Å². The zero-order valence-electron chi connectivity index (χ0n) is 18.1. The molecular weight excluding hydrogens is 444 g/mol. The van der Waals surface area contributed by atoms with Gasteiger partial charge >= 0.3 is 5.97 Å². The van der Waals surface area contributed by atoms with E-state index < -0.39 is 16.0 Å². The lowest BCUT2D eigenvalue weighted by Gasteiger charge is -2.12. The third-order valence-corrected chi connectivity index (χ3v) is 6.73. The predicted molar refractivity (Wildman–Crippen MR) is 123 cm³/mol. The molecule has 170 valence electrons. The van der Waals surface area contributed by atoms with Crippen molar-refractivity contribution in [3.05, 3.63) is 78.6 Å². The van der Waals surface area contributed by atoms with Crippen molar-refractivity contribution in [2.45, 2.75) is 4.90 Å². The van der Waals surface area contributed by atoms with E-state index in [4.69, 9.17) is 13.9 Å². The third-order valence-electron chi connectivity index (χ3n) is 4.90. The number of fused-ring (bicyclic) bond motifs is 1. The van der Waals surface area contributed by atoms with Gasteiger partial charge in [-0.25, -0.2) is 22.5 Å². The van der Waals surface area contributed by atoms with Crippen molar-refractivity contribution in [1.29, 1.82) is 0 Å². The Morgan fingerprint density at radius 3 is 2.45 bits per heavy atom. The van der Waals surface area contributed by atoms with Gasteiger partial charge in [0.15, 0.2) is 5.76 Å². The number of ether oxygens (including phenoxy) is 2. The SMILES string of the molecule is CN(C)S(=O)(=O)c1ccc(OCCOC(=O)c2cc(-c3ccco3)nc3ccccc23)cc1. The lowest BCUT2D eigenvalue weighted by Crippen LogP contribution is -2.22. The second-order valence-corrected chi connectivity index (χ2v) is 9.44. The van der Waals surface area contributed by atoms with Crippen molar-refractivity contribution in [1.82, 2.24) is 9.29 Å². The molecule has 4 rings (SSSR count). The molecule has 2 heterocycles. The van der Waals surface area contributed by atoms with E-state index in [1.165, 1.54) is 26.2 Å². The van der Waals surface area contributed by atoms with Gasteiger partial charge in [0.25, 0.3) is 0 Å². The van der Waals surface area contributed by atoms with Crippen molar-refractivity contribution in [3.8, 4) is 17.2 Å². The summed E-state index contributed by atoms with van der Waals surface area (Å²) in [7, 11) is -0.562. The molecule has 0 radical (unpaired) electrons. The Hall–Kier alpha value is -3.69. The molecule has 0 bridgehead atoms. The number of esters is 1. The molecular formula is C24H22N2O6S. The van der Waals surface area contributed by atoms with Gasteiger partial charge in [0, 0.05) is 19.5 Å². The summed E-state index contributed by atoms with van der Waals surface area (Å²) < 4.78 is 41.8. The molecule has 0 amide bonds. The number of benzene rings is 2. The van der Waals surface area contributed by atoms with E-state index in [1.807, 2.05) is 24.3 Å². The minimum Gasteiger partial charge on any atom is -0.490 e. The zero-order chi connectivity index (χ0) is 23.4. The molecule has 2 aromatic carbocycles. The van der Waals surface area contributed by atoms with Crippen LogP contribution in [-0.2, 0) is 14.8 Å². The molecule has 0 fully saturated rings. The summed E-state index contributed by atoms with van der Waals surface area (Å²) in [5, 5.41) is 0.677. The van der Waals surface area contributed by atoms with Crippen molar-refractivity contribution in [2.75, 3.05) is 27.3 Å². The fraction of sp³-hybridized carbons (Fsp3) is 0.167. The smallest absolute Gasteiger partial charge is 0.339 e. The Morgan fingerprint density at radius 2 is 1.76 bits per heavy atom. The molecule has 8 nitrogen and oxygen atoms in total. The molecule has 0 saturated heterocycles. The summed E-state index contributed by atoms with van der Waals surface area (Å²) in [6.45, 7) is 0.128. The number of carbonyl (C=O) groups excluding carboxylic acids is 1. The number of hydrogen-bond donors (Lipinski definition) is 0. The summed E-state index contributed by atoms with van der Waals surface area (Å²) in [6, 6.07) is 18.5. The molecule has 0 N–H and O–H groups in total. The number of carbonyl (C=O) groups is 1. The van der Waals surface area contributed by atoms with E-state index in [0.29, 0.717) is 33.7 Å². The van der Waals surface area contributed by atoms with Gasteiger partial charge in [0.05, 0.1) is 22.2 Å². The van der Waals surface area contributed by atoms with E-state index in [-0.39, 0.29) is 18.1 Å². The fourth-order valence-electron chi connectivity index (χ4n) is 3.19. The Bertz CT molecular complexity index is 1360. The van der Waals surface area contributed by atoms with Crippen molar-refractivity contribution >= 4 is 26.9 Å². The molecule has 0 unspecified atom stereocenters. The average molecular weight is 467 g/mol. The Morgan fingerprint density at radius 1 is 1.00 bits per heavy atom. The number of hydrogen-bond acceptors (Lipinski definition) is 7. The fourth-order valence-corrected chi connectivity index (χ4v) is 4.09.